The third kappa shape index (κ3) is 7.75. The lowest BCUT2D eigenvalue weighted by atomic mass is 10.1. The zero-order valence-electron chi connectivity index (χ0n) is 17.0. The molecule has 0 atom stereocenters. The number of thiazole rings is 1. The van der Waals surface area contributed by atoms with Crippen molar-refractivity contribution >= 4 is 41.3 Å². The summed E-state index contributed by atoms with van der Waals surface area (Å²) < 4.78 is 0. The summed E-state index contributed by atoms with van der Waals surface area (Å²) in [6, 6.07) is 8.84. The summed E-state index contributed by atoms with van der Waals surface area (Å²) in [4.78, 5) is 13.4. The maximum absolute atomic E-state index is 4.52. The lowest BCUT2D eigenvalue weighted by Crippen LogP contribution is -2.38. The fraction of sp³-hybridized carbons (Fsp3) is 0.500. The third-order valence-corrected chi connectivity index (χ3v) is 5.24. The molecule has 1 aromatic carbocycles. The number of hydrogen-bond acceptors (Lipinski definition) is 4. The van der Waals surface area contributed by atoms with Crippen molar-refractivity contribution in [3.63, 3.8) is 0 Å². The summed E-state index contributed by atoms with van der Waals surface area (Å²) in [5.41, 5.74) is 3.70. The fourth-order valence-electron chi connectivity index (χ4n) is 2.83. The minimum Gasteiger partial charge on any atom is -0.352 e. The van der Waals surface area contributed by atoms with E-state index in [1.165, 1.54) is 11.1 Å². The molecule has 1 heterocycles. The summed E-state index contributed by atoms with van der Waals surface area (Å²) in [6.07, 6.45) is 0. The van der Waals surface area contributed by atoms with Crippen LogP contribution in [-0.4, -0.2) is 47.9 Å². The van der Waals surface area contributed by atoms with Gasteiger partial charge in [-0.3, -0.25) is 9.89 Å². The van der Waals surface area contributed by atoms with E-state index in [0.29, 0.717) is 0 Å². The second-order valence-electron chi connectivity index (χ2n) is 6.39. The predicted octanol–water partition coefficient (Wildman–Crippen LogP) is 4.12. The molecule has 0 bridgehead atoms. The molecule has 7 heteroatoms. The third-order valence-electron chi connectivity index (χ3n) is 4.41. The van der Waals surface area contributed by atoms with Gasteiger partial charge in [0.25, 0.3) is 0 Å². The van der Waals surface area contributed by atoms with Crippen LogP contribution in [0.2, 0.25) is 0 Å². The Morgan fingerprint density at radius 3 is 2.26 bits per heavy atom. The maximum atomic E-state index is 4.52. The SMILES string of the molecule is CCN(CC)Cc1ccc(CNC(=NC)N(C)Cc2csc(C)n2)cc1.I. The van der Waals surface area contributed by atoms with Crippen LogP contribution in [0.15, 0.2) is 34.6 Å². The summed E-state index contributed by atoms with van der Waals surface area (Å²) in [7, 11) is 3.86. The number of guanidine groups is 1. The Bertz CT molecular complexity index is 695. The first-order valence-electron chi connectivity index (χ1n) is 9.18. The predicted molar refractivity (Wildman–Crippen MR) is 127 cm³/mol. The molecular formula is C20H32IN5S. The Labute approximate surface area is 184 Å². The van der Waals surface area contributed by atoms with E-state index in [1.54, 1.807) is 11.3 Å². The smallest absolute Gasteiger partial charge is 0.194 e. The quantitative estimate of drug-likeness (QED) is 0.336. The van der Waals surface area contributed by atoms with Crippen LogP contribution in [0.4, 0.5) is 0 Å². The first kappa shape index (κ1) is 23.8. The van der Waals surface area contributed by atoms with Gasteiger partial charge in [-0.2, -0.15) is 0 Å². The van der Waals surface area contributed by atoms with E-state index in [4.69, 9.17) is 0 Å². The molecule has 2 aromatic rings. The molecule has 27 heavy (non-hydrogen) atoms. The molecule has 1 aromatic heterocycles. The molecule has 0 aliphatic carbocycles. The Kier molecular flexibility index (Phi) is 10.9. The molecule has 0 fully saturated rings. The van der Waals surface area contributed by atoms with Gasteiger partial charge in [0.1, 0.15) is 0 Å². The summed E-state index contributed by atoms with van der Waals surface area (Å²) in [6.45, 7) is 11.1. The lowest BCUT2D eigenvalue weighted by molar-refractivity contribution is 0.296. The fourth-order valence-corrected chi connectivity index (χ4v) is 3.44. The lowest BCUT2D eigenvalue weighted by Gasteiger charge is -2.21. The number of aromatic nitrogens is 1. The molecule has 0 spiro atoms. The van der Waals surface area contributed by atoms with Crippen LogP contribution in [0.25, 0.3) is 0 Å². The van der Waals surface area contributed by atoms with E-state index >= 15 is 0 Å². The van der Waals surface area contributed by atoms with E-state index in [0.717, 1.165) is 49.4 Å². The van der Waals surface area contributed by atoms with Gasteiger partial charge in [-0.25, -0.2) is 4.98 Å². The number of benzene rings is 1. The molecule has 0 unspecified atom stereocenters. The average Bonchev–Trinajstić information content (AvgIpc) is 3.06. The highest BCUT2D eigenvalue weighted by Gasteiger charge is 2.09. The van der Waals surface area contributed by atoms with E-state index in [1.807, 2.05) is 21.0 Å². The zero-order chi connectivity index (χ0) is 18.9. The van der Waals surface area contributed by atoms with Crippen LogP contribution in [0.5, 0.6) is 0 Å². The molecule has 0 saturated heterocycles. The van der Waals surface area contributed by atoms with E-state index in [-0.39, 0.29) is 24.0 Å². The van der Waals surface area contributed by atoms with Crippen molar-refractivity contribution in [2.45, 2.75) is 40.4 Å². The van der Waals surface area contributed by atoms with Crippen molar-refractivity contribution in [1.82, 2.24) is 20.1 Å². The normalized spacial score (nSPS) is 11.4. The molecule has 150 valence electrons. The maximum Gasteiger partial charge on any atom is 0.194 e. The first-order chi connectivity index (χ1) is 12.5. The van der Waals surface area contributed by atoms with Gasteiger partial charge in [-0.15, -0.1) is 35.3 Å². The summed E-state index contributed by atoms with van der Waals surface area (Å²) >= 11 is 1.68. The molecule has 0 amide bonds. The van der Waals surface area contributed by atoms with E-state index < -0.39 is 0 Å². The Morgan fingerprint density at radius 2 is 1.74 bits per heavy atom. The van der Waals surface area contributed by atoms with Gasteiger partial charge in [0, 0.05) is 32.6 Å². The molecule has 0 aliphatic rings. The second-order valence-corrected chi connectivity index (χ2v) is 7.45. The second kappa shape index (κ2) is 12.3. The number of nitrogens with zero attached hydrogens (tertiary/aromatic N) is 4. The molecular weight excluding hydrogens is 469 g/mol. The number of aryl methyl sites for hydroxylation is 1. The van der Waals surface area contributed by atoms with Gasteiger partial charge in [0.15, 0.2) is 5.96 Å². The monoisotopic (exact) mass is 501 g/mol. The largest absolute Gasteiger partial charge is 0.352 e. The van der Waals surface area contributed by atoms with Gasteiger partial charge in [-0.05, 0) is 31.1 Å². The van der Waals surface area contributed by atoms with Crippen LogP contribution < -0.4 is 5.32 Å². The number of rotatable bonds is 8. The Balaban J connectivity index is 0.00000364. The first-order valence-corrected chi connectivity index (χ1v) is 10.1. The number of halogens is 1. The van der Waals surface area contributed by atoms with Gasteiger partial charge >= 0.3 is 0 Å². The molecule has 2 rings (SSSR count). The van der Waals surface area contributed by atoms with Crippen molar-refractivity contribution in [2.75, 3.05) is 27.2 Å². The standard InChI is InChI=1S/C20H31N5S.HI/c1-6-25(7-2)13-18-10-8-17(9-11-18)12-22-20(21-4)24(5)14-19-15-26-16(3)23-19;/h8-11,15H,6-7,12-14H2,1-5H3,(H,21,22);1H. The van der Waals surface area contributed by atoms with E-state index in [9.17, 15) is 0 Å². The van der Waals surface area contributed by atoms with Crippen molar-refractivity contribution in [2.24, 2.45) is 4.99 Å². The highest BCUT2D eigenvalue weighted by molar-refractivity contribution is 14.0. The van der Waals surface area contributed by atoms with Gasteiger partial charge in [0.05, 0.1) is 17.2 Å². The van der Waals surface area contributed by atoms with Crippen LogP contribution in [0, 0.1) is 6.92 Å². The van der Waals surface area contributed by atoms with Crippen molar-refractivity contribution in [3.05, 3.63) is 51.5 Å². The molecule has 5 nitrogen and oxygen atoms in total. The zero-order valence-corrected chi connectivity index (χ0v) is 20.2. The van der Waals surface area contributed by atoms with Gasteiger partial charge < -0.3 is 10.2 Å². The van der Waals surface area contributed by atoms with Gasteiger partial charge in [0.2, 0.25) is 0 Å². The number of nitrogens with one attached hydrogen (secondary N) is 1. The molecule has 0 aliphatic heterocycles. The van der Waals surface area contributed by atoms with Crippen LogP contribution in [0.3, 0.4) is 0 Å². The highest BCUT2D eigenvalue weighted by atomic mass is 127. The molecule has 0 saturated carbocycles. The van der Waals surface area contributed by atoms with Crippen molar-refractivity contribution in [3.8, 4) is 0 Å². The molecule has 1 N–H and O–H groups in total. The number of hydrogen-bond donors (Lipinski definition) is 1. The van der Waals surface area contributed by atoms with Crippen LogP contribution >= 0.6 is 35.3 Å². The highest BCUT2D eigenvalue weighted by Crippen LogP contribution is 2.10. The van der Waals surface area contributed by atoms with E-state index in [2.05, 4.69) is 68.6 Å². The van der Waals surface area contributed by atoms with Crippen LogP contribution in [0.1, 0.15) is 35.7 Å². The Hall–Kier alpha value is -1.19. The topological polar surface area (TPSA) is 43.8 Å². The summed E-state index contributed by atoms with van der Waals surface area (Å²) in [5, 5.41) is 6.64. The Morgan fingerprint density at radius 1 is 1.11 bits per heavy atom. The number of aliphatic imine (C=N–C) groups is 1. The molecule has 0 radical (unpaired) electrons. The van der Waals surface area contributed by atoms with Crippen LogP contribution in [-0.2, 0) is 19.6 Å². The minimum absolute atomic E-state index is 0. The van der Waals surface area contributed by atoms with Crippen molar-refractivity contribution < 1.29 is 0 Å². The van der Waals surface area contributed by atoms with Gasteiger partial charge in [-0.1, -0.05) is 38.1 Å². The summed E-state index contributed by atoms with van der Waals surface area (Å²) in [5.74, 6) is 0.878. The van der Waals surface area contributed by atoms with Crippen molar-refractivity contribution in [1.29, 1.82) is 0 Å². The minimum atomic E-state index is 0. The average molecular weight is 501 g/mol.